The van der Waals surface area contributed by atoms with E-state index in [0.29, 0.717) is 24.1 Å². The zero-order chi connectivity index (χ0) is 24.3. The molecule has 178 valence electrons. The fourth-order valence-electron chi connectivity index (χ4n) is 3.80. The second-order valence-corrected chi connectivity index (χ2v) is 8.60. The van der Waals surface area contributed by atoms with Crippen LogP contribution in [0.4, 0.5) is 24.5 Å². The maximum Gasteiger partial charge on any atom is 0.416 e. The molecule has 0 saturated heterocycles. The van der Waals surface area contributed by atoms with Crippen LogP contribution < -0.4 is 10.2 Å². The molecule has 0 radical (unpaired) electrons. The van der Waals surface area contributed by atoms with Crippen LogP contribution in [0.1, 0.15) is 23.9 Å². The van der Waals surface area contributed by atoms with Crippen LogP contribution in [-0.4, -0.2) is 38.9 Å². The molecule has 11 heteroatoms. The highest BCUT2D eigenvalue weighted by Crippen LogP contribution is 2.31. The number of alkyl halides is 3. The Balaban J connectivity index is 1.38. The number of para-hydroxylation sites is 1. The van der Waals surface area contributed by atoms with Gasteiger partial charge in [0.05, 0.1) is 17.7 Å². The highest BCUT2D eigenvalue weighted by atomic mass is 32.2. The monoisotopic (exact) mass is 489 g/mol. The molecule has 2 aromatic carbocycles. The zero-order valence-corrected chi connectivity index (χ0v) is 19.1. The van der Waals surface area contributed by atoms with E-state index in [4.69, 9.17) is 0 Å². The van der Waals surface area contributed by atoms with Crippen molar-refractivity contribution in [3.63, 3.8) is 0 Å². The molecule has 1 aromatic heterocycles. The normalized spacial score (nSPS) is 13.1. The van der Waals surface area contributed by atoms with Crippen LogP contribution in [0.5, 0.6) is 0 Å². The fraction of sp³-hybridized carbons (Fsp3) is 0.304. The molecule has 0 atom stereocenters. The lowest BCUT2D eigenvalue weighted by Gasteiger charge is -2.17. The Morgan fingerprint density at radius 1 is 1.12 bits per heavy atom. The van der Waals surface area contributed by atoms with Gasteiger partial charge in [-0.15, -0.1) is 10.2 Å². The van der Waals surface area contributed by atoms with Crippen LogP contribution in [0.2, 0.25) is 0 Å². The van der Waals surface area contributed by atoms with Crippen molar-refractivity contribution in [1.82, 2.24) is 14.8 Å². The van der Waals surface area contributed by atoms with Crippen molar-refractivity contribution in [2.24, 2.45) is 0 Å². The molecule has 2 amide bonds. The zero-order valence-electron chi connectivity index (χ0n) is 18.3. The van der Waals surface area contributed by atoms with Crippen molar-refractivity contribution >= 4 is 35.0 Å². The largest absolute Gasteiger partial charge is 0.416 e. The maximum absolute atomic E-state index is 12.9. The molecule has 0 saturated carbocycles. The smallest absolute Gasteiger partial charge is 0.326 e. The Kier molecular flexibility index (Phi) is 6.92. The van der Waals surface area contributed by atoms with Crippen LogP contribution in [0.3, 0.4) is 0 Å². The molecule has 3 aromatic rings. The predicted molar refractivity (Wildman–Crippen MR) is 123 cm³/mol. The average Bonchev–Trinajstić information content (AvgIpc) is 3.40. The van der Waals surface area contributed by atoms with Gasteiger partial charge in [0.25, 0.3) is 0 Å². The summed E-state index contributed by atoms with van der Waals surface area (Å²) in [5.74, 6) is -0.0104. The summed E-state index contributed by atoms with van der Waals surface area (Å²) in [7, 11) is 0. The summed E-state index contributed by atoms with van der Waals surface area (Å²) >= 11 is 1.24. The van der Waals surface area contributed by atoms with Crippen LogP contribution in [0.25, 0.3) is 0 Å². The Morgan fingerprint density at radius 2 is 1.91 bits per heavy atom. The van der Waals surface area contributed by atoms with Gasteiger partial charge in [-0.25, -0.2) is 0 Å². The number of nitrogens with one attached hydrogen (secondary N) is 1. The number of amides is 2. The van der Waals surface area contributed by atoms with E-state index in [2.05, 4.69) is 15.5 Å². The minimum atomic E-state index is -4.50. The van der Waals surface area contributed by atoms with Crippen molar-refractivity contribution in [3.05, 3.63) is 65.5 Å². The first-order chi connectivity index (χ1) is 16.3. The molecule has 0 aliphatic carbocycles. The van der Waals surface area contributed by atoms with E-state index in [1.165, 1.54) is 23.9 Å². The van der Waals surface area contributed by atoms with Gasteiger partial charge >= 0.3 is 6.18 Å². The molecule has 1 aliphatic heterocycles. The second kappa shape index (κ2) is 9.88. The van der Waals surface area contributed by atoms with Crippen LogP contribution in [0, 0.1) is 0 Å². The SMILES string of the molecule is CCn1c(CC(=O)Nc2cccc(C(F)(F)F)c2)nnc1SCC(=O)N1CCc2ccccc21. The first kappa shape index (κ1) is 23.8. The van der Waals surface area contributed by atoms with Crippen LogP contribution in [0.15, 0.2) is 53.7 Å². The fourth-order valence-corrected chi connectivity index (χ4v) is 4.70. The van der Waals surface area contributed by atoms with E-state index in [0.717, 1.165) is 29.8 Å². The summed E-state index contributed by atoms with van der Waals surface area (Å²) < 4.78 is 40.4. The van der Waals surface area contributed by atoms with Crippen molar-refractivity contribution < 1.29 is 22.8 Å². The molecule has 4 rings (SSSR count). The molecular weight excluding hydrogens is 467 g/mol. The van der Waals surface area contributed by atoms with Gasteiger partial charge < -0.3 is 14.8 Å². The number of benzene rings is 2. The summed E-state index contributed by atoms with van der Waals surface area (Å²) in [6.45, 7) is 2.97. The third kappa shape index (κ3) is 5.24. The van der Waals surface area contributed by atoms with Gasteiger partial charge in [-0.3, -0.25) is 9.59 Å². The van der Waals surface area contributed by atoms with Gasteiger partial charge in [-0.05, 0) is 43.2 Å². The van der Waals surface area contributed by atoms with E-state index in [1.807, 2.05) is 31.2 Å². The lowest BCUT2D eigenvalue weighted by molar-refractivity contribution is -0.137. The van der Waals surface area contributed by atoms with Gasteiger partial charge in [0.2, 0.25) is 11.8 Å². The Morgan fingerprint density at radius 3 is 2.68 bits per heavy atom. The van der Waals surface area contributed by atoms with Gasteiger partial charge in [0.1, 0.15) is 5.82 Å². The summed E-state index contributed by atoms with van der Waals surface area (Å²) in [5, 5.41) is 11.2. The van der Waals surface area contributed by atoms with Gasteiger partial charge in [0.15, 0.2) is 5.16 Å². The van der Waals surface area contributed by atoms with Gasteiger partial charge in [-0.1, -0.05) is 36.0 Å². The molecule has 0 unspecified atom stereocenters. The number of rotatable bonds is 7. The van der Waals surface area contributed by atoms with Gasteiger partial charge in [0, 0.05) is 24.5 Å². The van der Waals surface area contributed by atoms with E-state index in [9.17, 15) is 22.8 Å². The number of thioether (sulfide) groups is 1. The quantitative estimate of drug-likeness (QED) is 0.504. The number of aromatic nitrogens is 3. The molecular formula is C23H22F3N5O2S. The lowest BCUT2D eigenvalue weighted by atomic mass is 10.2. The van der Waals surface area contributed by atoms with Crippen molar-refractivity contribution in [1.29, 1.82) is 0 Å². The number of carbonyl (C=O) groups is 2. The summed E-state index contributed by atoms with van der Waals surface area (Å²) in [6, 6.07) is 12.2. The molecule has 34 heavy (non-hydrogen) atoms. The topological polar surface area (TPSA) is 80.1 Å². The highest BCUT2D eigenvalue weighted by molar-refractivity contribution is 7.99. The number of halogens is 3. The molecule has 0 fully saturated rings. The van der Waals surface area contributed by atoms with Crippen molar-refractivity contribution in [2.45, 2.75) is 37.6 Å². The highest BCUT2D eigenvalue weighted by Gasteiger charge is 2.30. The Bertz CT molecular complexity index is 1210. The molecule has 1 aliphatic rings. The minimum absolute atomic E-state index is 0.0376. The summed E-state index contributed by atoms with van der Waals surface area (Å²) in [4.78, 5) is 27.0. The molecule has 0 bridgehead atoms. The number of fused-ring (bicyclic) bond motifs is 1. The lowest BCUT2D eigenvalue weighted by Crippen LogP contribution is -2.30. The second-order valence-electron chi connectivity index (χ2n) is 7.66. The third-order valence-electron chi connectivity index (χ3n) is 5.41. The third-order valence-corrected chi connectivity index (χ3v) is 6.37. The number of hydrogen-bond acceptors (Lipinski definition) is 5. The summed E-state index contributed by atoms with van der Waals surface area (Å²) in [5.41, 5.74) is 1.28. The van der Waals surface area contributed by atoms with Gasteiger partial charge in [-0.2, -0.15) is 13.2 Å². The average molecular weight is 490 g/mol. The van der Waals surface area contributed by atoms with E-state index in [-0.39, 0.29) is 23.8 Å². The van der Waals surface area contributed by atoms with E-state index in [1.54, 1.807) is 9.47 Å². The molecule has 7 nitrogen and oxygen atoms in total. The standard InChI is InChI=1S/C23H22F3N5O2S/c1-2-30-19(13-20(32)27-17-8-5-7-16(12-17)23(24,25)26)28-29-22(30)34-14-21(33)31-11-10-15-6-3-4-9-18(15)31/h3-9,12H,2,10-11,13-14H2,1H3,(H,27,32). The van der Waals surface area contributed by atoms with E-state index < -0.39 is 17.6 Å². The van der Waals surface area contributed by atoms with Crippen LogP contribution >= 0.6 is 11.8 Å². The predicted octanol–water partition coefficient (Wildman–Crippen LogP) is 4.18. The van der Waals surface area contributed by atoms with Crippen molar-refractivity contribution in [2.75, 3.05) is 22.5 Å². The minimum Gasteiger partial charge on any atom is -0.326 e. The number of anilines is 2. The Labute approximate surface area is 198 Å². The van der Waals surface area contributed by atoms with Crippen LogP contribution in [-0.2, 0) is 35.2 Å². The van der Waals surface area contributed by atoms with E-state index >= 15 is 0 Å². The maximum atomic E-state index is 12.9. The Hall–Kier alpha value is -3.34. The number of carbonyl (C=O) groups excluding carboxylic acids is 2. The van der Waals surface area contributed by atoms with Crippen molar-refractivity contribution in [3.8, 4) is 0 Å². The number of hydrogen-bond donors (Lipinski definition) is 1. The summed E-state index contributed by atoms with van der Waals surface area (Å²) in [6.07, 6.45) is -3.84. The first-order valence-electron chi connectivity index (χ1n) is 10.7. The molecule has 2 heterocycles. The molecule has 1 N–H and O–H groups in total. The molecule has 0 spiro atoms. The first-order valence-corrected chi connectivity index (χ1v) is 11.6. The number of nitrogens with zero attached hydrogens (tertiary/aromatic N) is 4.